The maximum absolute atomic E-state index is 10.6. The van der Waals surface area contributed by atoms with Crippen molar-refractivity contribution in [2.24, 2.45) is 0 Å². The topological polar surface area (TPSA) is 93.1 Å². The summed E-state index contributed by atoms with van der Waals surface area (Å²) >= 11 is 0. The van der Waals surface area contributed by atoms with Crippen LogP contribution in [0.15, 0.2) is 0 Å². The number of unbranched alkanes of at least 4 members (excludes halogenated alkanes) is 7. The molecule has 0 amide bonds. The van der Waals surface area contributed by atoms with Gasteiger partial charge in [0.2, 0.25) is 0 Å². The standard InChI is InChI=1S/C12H22O6.Mg.2H/c13-11(17-15)9-7-5-3-1-2-4-6-8-10-12(14)18-16;;;/h15-16H,1-10H2;;;/q;+2;2*-1. The van der Waals surface area contributed by atoms with Gasteiger partial charge in [-0.1, -0.05) is 38.5 Å². The first-order valence-electron chi connectivity index (χ1n) is 6.39. The molecule has 0 rings (SSSR count). The van der Waals surface area contributed by atoms with Crippen LogP contribution in [0.25, 0.3) is 0 Å². The summed E-state index contributed by atoms with van der Waals surface area (Å²) in [6, 6.07) is 0. The summed E-state index contributed by atoms with van der Waals surface area (Å²) in [5, 5.41) is 16.0. The second kappa shape index (κ2) is 15.7. The Morgan fingerprint density at radius 2 is 0.947 bits per heavy atom. The number of rotatable bonds is 11. The first kappa shape index (κ1) is 20.9. The van der Waals surface area contributed by atoms with Crippen LogP contribution in [0.2, 0.25) is 0 Å². The third-order valence-electron chi connectivity index (χ3n) is 2.72. The van der Waals surface area contributed by atoms with Crippen molar-refractivity contribution in [1.29, 1.82) is 0 Å². The number of carbonyl (C=O) groups is 2. The molecule has 0 saturated carbocycles. The summed E-state index contributed by atoms with van der Waals surface area (Å²) < 4.78 is 0. The zero-order valence-electron chi connectivity index (χ0n) is 13.3. The zero-order chi connectivity index (χ0) is 13.6. The molecule has 19 heavy (non-hydrogen) atoms. The summed E-state index contributed by atoms with van der Waals surface area (Å²) in [5.74, 6) is -1.16. The molecule has 0 bridgehead atoms. The van der Waals surface area contributed by atoms with Gasteiger partial charge in [0.1, 0.15) is 0 Å². The third kappa shape index (κ3) is 15.6. The van der Waals surface area contributed by atoms with E-state index < -0.39 is 11.9 Å². The molecule has 0 aliphatic heterocycles. The predicted octanol–water partition coefficient (Wildman–Crippen LogP) is 2.76. The number of carbonyl (C=O) groups excluding carboxylic acids is 2. The van der Waals surface area contributed by atoms with Crippen LogP contribution in [0.1, 0.15) is 67.1 Å². The fourth-order valence-electron chi connectivity index (χ4n) is 1.69. The van der Waals surface area contributed by atoms with Crippen molar-refractivity contribution >= 4 is 35.0 Å². The molecular formula is C12H24MgO6. The molecule has 0 fully saturated rings. The van der Waals surface area contributed by atoms with Crippen LogP contribution in [0.5, 0.6) is 0 Å². The van der Waals surface area contributed by atoms with Gasteiger partial charge < -0.3 is 12.6 Å². The third-order valence-corrected chi connectivity index (χ3v) is 2.72. The second-order valence-electron chi connectivity index (χ2n) is 4.26. The second-order valence-corrected chi connectivity index (χ2v) is 4.26. The first-order chi connectivity index (χ1) is 8.70. The van der Waals surface area contributed by atoms with E-state index in [4.69, 9.17) is 10.5 Å². The van der Waals surface area contributed by atoms with E-state index in [9.17, 15) is 9.59 Å². The van der Waals surface area contributed by atoms with E-state index >= 15 is 0 Å². The van der Waals surface area contributed by atoms with Gasteiger partial charge in [-0.3, -0.25) is 0 Å². The molecule has 7 heteroatoms. The van der Waals surface area contributed by atoms with E-state index in [-0.39, 0.29) is 38.7 Å². The Kier molecular flexibility index (Phi) is 17.3. The molecule has 6 nitrogen and oxygen atoms in total. The molecule has 0 aliphatic carbocycles. The fourth-order valence-corrected chi connectivity index (χ4v) is 1.69. The van der Waals surface area contributed by atoms with Crippen LogP contribution < -0.4 is 0 Å². The van der Waals surface area contributed by atoms with Crippen molar-refractivity contribution in [2.75, 3.05) is 0 Å². The van der Waals surface area contributed by atoms with E-state index in [1.54, 1.807) is 0 Å². The minimum atomic E-state index is -0.578. The Bertz CT molecular complexity index is 220. The summed E-state index contributed by atoms with van der Waals surface area (Å²) in [4.78, 5) is 28.3. The maximum atomic E-state index is 10.6. The number of hydrogen-bond donors (Lipinski definition) is 2. The molecule has 0 unspecified atom stereocenters. The Hall–Kier alpha value is -0.374. The average molecular weight is 289 g/mol. The minimum Gasteiger partial charge on any atom is -1.00 e. The Labute approximate surface area is 132 Å². The largest absolute Gasteiger partial charge is 2.00 e. The smallest absolute Gasteiger partial charge is 1.00 e. The van der Waals surface area contributed by atoms with E-state index in [1.807, 2.05) is 0 Å². The van der Waals surface area contributed by atoms with Crippen molar-refractivity contribution in [2.45, 2.75) is 64.2 Å². The van der Waals surface area contributed by atoms with E-state index in [1.165, 1.54) is 0 Å². The van der Waals surface area contributed by atoms with Gasteiger partial charge >= 0.3 is 35.0 Å². The van der Waals surface area contributed by atoms with Gasteiger partial charge in [0.15, 0.2) is 0 Å². The zero-order valence-corrected chi connectivity index (χ0v) is 12.7. The van der Waals surface area contributed by atoms with Crippen molar-refractivity contribution in [3.05, 3.63) is 0 Å². The van der Waals surface area contributed by atoms with Crippen LogP contribution in [0, 0.1) is 0 Å². The van der Waals surface area contributed by atoms with E-state index in [0.29, 0.717) is 0 Å². The molecule has 0 aromatic heterocycles. The van der Waals surface area contributed by atoms with Crippen molar-refractivity contribution in [3.63, 3.8) is 0 Å². The van der Waals surface area contributed by atoms with Gasteiger partial charge in [0.05, 0.1) is 0 Å². The molecule has 0 aromatic rings. The van der Waals surface area contributed by atoms with Crippen LogP contribution in [0.4, 0.5) is 0 Å². The van der Waals surface area contributed by atoms with Gasteiger partial charge in [-0.05, 0) is 12.8 Å². The van der Waals surface area contributed by atoms with E-state index in [2.05, 4.69) is 9.78 Å². The number of hydrogen-bond acceptors (Lipinski definition) is 6. The Morgan fingerprint density at radius 1 is 0.684 bits per heavy atom. The van der Waals surface area contributed by atoms with Crippen molar-refractivity contribution in [3.8, 4) is 0 Å². The molecule has 0 spiro atoms. The van der Waals surface area contributed by atoms with Crippen LogP contribution >= 0.6 is 0 Å². The van der Waals surface area contributed by atoms with Crippen LogP contribution in [-0.2, 0) is 19.4 Å². The molecule has 110 valence electrons. The van der Waals surface area contributed by atoms with Gasteiger partial charge in [-0.15, -0.1) is 0 Å². The Balaban J connectivity index is -0.000000482. The quantitative estimate of drug-likeness (QED) is 0.263. The molecule has 0 radical (unpaired) electrons. The minimum absolute atomic E-state index is 0. The van der Waals surface area contributed by atoms with Crippen molar-refractivity contribution in [1.82, 2.24) is 0 Å². The summed E-state index contributed by atoms with van der Waals surface area (Å²) in [5.41, 5.74) is 0. The molecular weight excluding hydrogens is 264 g/mol. The molecule has 0 aromatic carbocycles. The molecule has 2 N–H and O–H groups in total. The Morgan fingerprint density at radius 3 is 1.21 bits per heavy atom. The average Bonchev–Trinajstić information content (AvgIpc) is 2.40. The molecule has 0 saturated heterocycles. The molecule has 0 atom stereocenters. The fraction of sp³-hybridized carbons (Fsp3) is 0.833. The van der Waals surface area contributed by atoms with Gasteiger partial charge in [0.25, 0.3) is 0 Å². The molecule has 0 aliphatic rings. The van der Waals surface area contributed by atoms with E-state index in [0.717, 1.165) is 51.4 Å². The van der Waals surface area contributed by atoms with Gasteiger partial charge in [0, 0.05) is 12.8 Å². The van der Waals surface area contributed by atoms with Crippen LogP contribution in [-0.4, -0.2) is 45.5 Å². The normalized spacial score (nSPS) is 9.58. The summed E-state index contributed by atoms with van der Waals surface area (Å²) in [6.07, 6.45) is 8.20. The van der Waals surface area contributed by atoms with Crippen LogP contribution in [0.3, 0.4) is 0 Å². The predicted molar refractivity (Wildman–Crippen MR) is 71.6 cm³/mol. The van der Waals surface area contributed by atoms with Crippen molar-refractivity contribution < 1.29 is 32.7 Å². The maximum Gasteiger partial charge on any atom is 2.00 e. The summed E-state index contributed by atoms with van der Waals surface area (Å²) in [7, 11) is 0. The monoisotopic (exact) mass is 288 g/mol. The first-order valence-corrected chi connectivity index (χ1v) is 6.39. The molecule has 0 heterocycles. The van der Waals surface area contributed by atoms with Gasteiger partial charge in [-0.25, -0.2) is 9.59 Å². The summed E-state index contributed by atoms with van der Waals surface area (Å²) in [6.45, 7) is 0. The van der Waals surface area contributed by atoms with Gasteiger partial charge in [-0.2, -0.15) is 10.5 Å². The SMILES string of the molecule is O=C(CCCCCCCCCCC(=O)OO)OO.[H-].[H-].[Mg+2].